The van der Waals surface area contributed by atoms with Gasteiger partial charge < -0.3 is 0 Å². The van der Waals surface area contributed by atoms with E-state index in [2.05, 4.69) is 11.9 Å². The molecule has 1 atom stereocenters. The van der Waals surface area contributed by atoms with Gasteiger partial charge in [0.2, 0.25) is 0 Å². The average Bonchev–Trinajstić information content (AvgIpc) is 2.18. The van der Waals surface area contributed by atoms with Crippen molar-refractivity contribution >= 4 is 0 Å². The predicted octanol–water partition coefficient (Wildman–Crippen LogP) is 1.90. The quantitative estimate of drug-likeness (QED) is 0.619. The predicted molar refractivity (Wildman–Crippen MR) is 48.1 cm³/mol. The molecule has 0 saturated carbocycles. The number of nitrogens with two attached hydrogens (primary N) is 1. The van der Waals surface area contributed by atoms with Crippen LogP contribution >= 0.6 is 0 Å². The molecule has 2 heteroatoms. The Morgan fingerprint density at radius 3 is 2.91 bits per heavy atom. The highest BCUT2D eigenvalue weighted by atomic mass is 15.4. The van der Waals surface area contributed by atoms with Crippen molar-refractivity contribution < 1.29 is 0 Å². The maximum absolute atomic E-state index is 5.90. The molecule has 0 aliphatic carbocycles. The number of nitrogens with zero attached hydrogens (tertiary/aromatic N) is 1. The SMILES string of the molecule is CCCC1CCCCCN1N. The van der Waals surface area contributed by atoms with Gasteiger partial charge in [0.1, 0.15) is 0 Å². The summed E-state index contributed by atoms with van der Waals surface area (Å²) in [6, 6.07) is 0.669. The summed E-state index contributed by atoms with van der Waals surface area (Å²) < 4.78 is 0. The van der Waals surface area contributed by atoms with Crippen LogP contribution in [0.25, 0.3) is 0 Å². The fraction of sp³-hybridized carbons (Fsp3) is 1.00. The van der Waals surface area contributed by atoms with Gasteiger partial charge >= 0.3 is 0 Å². The zero-order chi connectivity index (χ0) is 8.10. The van der Waals surface area contributed by atoms with Gasteiger partial charge in [0.15, 0.2) is 0 Å². The standard InChI is InChI=1S/C9H20N2/c1-2-6-9-7-4-3-5-8-11(9)10/h9H,2-8,10H2,1H3. The second-order valence-corrected chi connectivity index (χ2v) is 3.53. The number of hydrazine groups is 1. The minimum atomic E-state index is 0.669. The molecule has 0 spiro atoms. The molecule has 2 N–H and O–H groups in total. The van der Waals surface area contributed by atoms with E-state index in [-0.39, 0.29) is 0 Å². The van der Waals surface area contributed by atoms with E-state index in [0.29, 0.717) is 6.04 Å². The Morgan fingerprint density at radius 1 is 1.36 bits per heavy atom. The highest BCUT2D eigenvalue weighted by molar-refractivity contribution is 4.70. The van der Waals surface area contributed by atoms with Gasteiger partial charge in [0, 0.05) is 12.6 Å². The van der Waals surface area contributed by atoms with Gasteiger partial charge in [0.05, 0.1) is 0 Å². The molecular weight excluding hydrogens is 136 g/mol. The van der Waals surface area contributed by atoms with E-state index in [1.807, 2.05) is 0 Å². The lowest BCUT2D eigenvalue weighted by atomic mass is 10.1. The lowest BCUT2D eigenvalue weighted by Crippen LogP contribution is -2.40. The number of hydrogen-bond donors (Lipinski definition) is 1. The second kappa shape index (κ2) is 4.73. The van der Waals surface area contributed by atoms with Crippen LogP contribution in [0.5, 0.6) is 0 Å². The summed E-state index contributed by atoms with van der Waals surface area (Å²) in [6.07, 6.45) is 7.88. The first-order chi connectivity index (χ1) is 5.34. The van der Waals surface area contributed by atoms with Gasteiger partial charge in [-0.2, -0.15) is 0 Å². The smallest absolute Gasteiger partial charge is 0.0241 e. The summed E-state index contributed by atoms with van der Waals surface area (Å²) in [5, 5.41) is 2.05. The molecule has 0 aromatic carbocycles. The molecule has 0 aromatic heterocycles. The van der Waals surface area contributed by atoms with Gasteiger partial charge in [-0.1, -0.05) is 26.2 Å². The van der Waals surface area contributed by atoms with Crippen LogP contribution in [0, 0.1) is 0 Å². The Labute approximate surface area is 69.7 Å². The van der Waals surface area contributed by atoms with Crippen LogP contribution in [0.15, 0.2) is 0 Å². The van der Waals surface area contributed by atoms with Crippen molar-refractivity contribution in [1.82, 2.24) is 5.01 Å². The van der Waals surface area contributed by atoms with Crippen LogP contribution in [0.3, 0.4) is 0 Å². The van der Waals surface area contributed by atoms with E-state index in [0.717, 1.165) is 6.54 Å². The number of hydrogen-bond acceptors (Lipinski definition) is 2. The highest BCUT2D eigenvalue weighted by Gasteiger charge is 2.16. The molecule has 1 rings (SSSR count). The zero-order valence-corrected chi connectivity index (χ0v) is 7.55. The van der Waals surface area contributed by atoms with Crippen LogP contribution < -0.4 is 5.84 Å². The lowest BCUT2D eigenvalue weighted by molar-refractivity contribution is 0.193. The Kier molecular flexibility index (Phi) is 3.87. The van der Waals surface area contributed by atoms with Crippen LogP contribution in [0.4, 0.5) is 0 Å². The number of rotatable bonds is 2. The fourth-order valence-electron chi connectivity index (χ4n) is 1.84. The van der Waals surface area contributed by atoms with Crippen molar-refractivity contribution in [2.75, 3.05) is 6.54 Å². The molecule has 0 bridgehead atoms. The third-order valence-electron chi connectivity index (χ3n) is 2.54. The third-order valence-corrected chi connectivity index (χ3v) is 2.54. The molecule has 1 aliphatic heterocycles. The molecule has 66 valence electrons. The molecule has 2 nitrogen and oxygen atoms in total. The van der Waals surface area contributed by atoms with Crippen molar-refractivity contribution in [3.05, 3.63) is 0 Å². The Balaban J connectivity index is 2.32. The van der Waals surface area contributed by atoms with E-state index >= 15 is 0 Å². The first-order valence-electron chi connectivity index (χ1n) is 4.86. The maximum atomic E-state index is 5.90. The maximum Gasteiger partial charge on any atom is 0.0241 e. The van der Waals surface area contributed by atoms with Crippen LogP contribution in [-0.4, -0.2) is 17.6 Å². The summed E-state index contributed by atoms with van der Waals surface area (Å²) in [7, 11) is 0. The molecule has 1 saturated heterocycles. The average molecular weight is 156 g/mol. The van der Waals surface area contributed by atoms with Crippen molar-refractivity contribution in [1.29, 1.82) is 0 Å². The molecule has 11 heavy (non-hydrogen) atoms. The van der Waals surface area contributed by atoms with Crippen LogP contribution in [0.2, 0.25) is 0 Å². The van der Waals surface area contributed by atoms with Crippen molar-refractivity contribution in [2.45, 2.75) is 51.5 Å². The topological polar surface area (TPSA) is 29.3 Å². The van der Waals surface area contributed by atoms with Crippen molar-refractivity contribution in [2.24, 2.45) is 5.84 Å². The Hall–Kier alpha value is -0.0800. The van der Waals surface area contributed by atoms with E-state index in [4.69, 9.17) is 5.84 Å². The highest BCUT2D eigenvalue weighted by Crippen LogP contribution is 2.17. The molecule has 0 aromatic rings. The Morgan fingerprint density at radius 2 is 2.18 bits per heavy atom. The first kappa shape index (κ1) is 9.01. The summed E-state index contributed by atoms with van der Waals surface area (Å²) >= 11 is 0. The molecule has 1 heterocycles. The van der Waals surface area contributed by atoms with E-state index in [9.17, 15) is 0 Å². The summed E-state index contributed by atoms with van der Waals surface area (Å²) in [4.78, 5) is 0. The van der Waals surface area contributed by atoms with E-state index in [1.54, 1.807) is 0 Å². The van der Waals surface area contributed by atoms with Gasteiger partial charge in [-0.15, -0.1) is 0 Å². The minimum absolute atomic E-state index is 0.669. The van der Waals surface area contributed by atoms with E-state index in [1.165, 1.54) is 38.5 Å². The monoisotopic (exact) mass is 156 g/mol. The molecule has 1 fully saturated rings. The molecule has 1 unspecified atom stereocenters. The fourth-order valence-corrected chi connectivity index (χ4v) is 1.84. The van der Waals surface area contributed by atoms with Crippen molar-refractivity contribution in [3.8, 4) is 0 Å². The van der Waals surface area contributed by atoms with Crippen LogP contribution in [0.1, 0.15) is 45.4 Å². The summed E-state index contributed by atoms with van der Waals surface area (Å²) in [6.45, 7) is 3.34. The largest absolute Gasteiger partial charge is 0.269 e. The van der Waals surface area contributed by atoms with E-state index < -0.39 is 0 Å². The minimum Gasteiger partial charge on any atom is -0.269 e. The van der Waals surface area contributed by atoms with Crippen LogP contribution in [-0.2, 0) is 0 Å². The summed E-state index contributed by atoms with van der Waals surface area (Å²) in [5.41, 5.74) is 0. The Bertz CT molecular complexity index is 104. The normalized spacial score (nSPS) is 28.4. The van der Waals surface area contributed by atoms with Gasteiger partial charge in [-0.05, 0) is 19.3 Å². The molecule has 0 amide bonds. The summed E-state index contributed by atoms with van der Waals surface area (Å²) in [5.74, 6) is 5.90. The van der Waals surface area contributed by atoms with Gasteiger partial charge in [0.25, 0.3) is 0 Å². The lowest BCUT2D eigenvalue weighted by Gasteiger charge is -2.24. The molecule has 1 aliphatic rings. The second-order valence-electron chi connectivity index (χ2n) is 3.53. The first-order valence-corrected chi connectivity index (χ1v) is 4.86. The third kappa shape index (κ3) is 2.80. The van der Waals surface area contributed by atoms with Crippen molar-refractivity contribution in [3.63, 3.8) is 0 Å². The zero-order valence-electron chi connectivity index (χ0n) is 7.55. The van der Waals surface area contributed by atoms with Gasteiger partial charge in [-0.3, -0.25) is 5.84 Å². The molecule has 0 radical (unpaired) electrons. The van der Waals surface area contributed by atoms with Gasteiger partial charge in [-0.25, -0.2) is 5.01 Å². The molecular formula is C9H20N2.